The second-order valence-corrected chi connectivity index (χ2v) is 5.27. The third-order valence-electron chi connectivity index (χ3n) is 3.00. The Morgan fingerprint density at radius 2 is 2.20 bits per heavy atom. The lowest BCUT2D eigenvalue weighted by atomic mass is 10.0. The van der Waals surface area contributed by atoms with Gasteiger partial charge in [-0.1, -0.05) is 13.3 Å². The Balaban J connectivity index is 2.35. The van der Waals surface area contributed by atoms with Gasteiger partial charge in [-0.2, -0.15) is 5.10 Å². The van der Waals surface area contributed by atoms with Gasteiger partial charge in [-0.05, 0) is 33.4 Å². The van der Waals surface area contributed by atoms with Crippen LogP contribution in [0.3, 0.4) is 0 Å². The van der Waals surface area contributed by atoms with E-state index in [-0.39, 0.29) is 5.54 Å². The van der Waals surface area contributed by atoms with Crippen LogP contribution in [0.2, 0.25) is 0 Å². The highest BCUT2D eigenvalue weighted by atomic mass is 15.4. The van der Waals surface area contributed by atoms with Gasteiger partial charge in [0.1, 0.15) is 0 Å². The standard InChI is InChI=1S/C12H21N3/c1-5-6-10-7-11-8-14(4)9-12(2,3)15(11)13-10/h7H,5-6,8-9H2,1-4H3. The summed E-state index contributed by atoms with van der Waals surface area (Å²) in [6.45, 7) is 8.83. The van der Waals surface area contributed by atoms with Crippen molar-refractivity contribution in [3.05, 3.63) is 17.5 Å². The van der Waals surface area contributed by atoms with Gasteiger partial charge in [-0.15, -0.1) is 0 Å². The van der Waals surface area contributed by atoms with Gasteiger partial charge < -0.3 is 0 Å². The summed E-state index contributed by atoms with van der Waals surface area (Å²) in [4.78, 5) is 2.37. The SMILES string of the molecule is CCCc1cc2n(n1)C(C)(C)CN(C)C2. The van der Waals surface area contributed by atoms with Crippen molar-refractivity contribution >= 4 is 0 Å². The van der Waals surface area contributed by atoms with Crippen molar-refractivity contribution in [1.29, 1.82) is 0 Å². The number of fused-ring (bicyclic) bond motifs is 1. The quantitative estimate of drug-likeness (QED) is 0.739. The summed E-state index contributed by atoms with van der Waals surface area (Å²) in [5.74, 6) is 0. The molecule has 0 N–H and O–H groups in total. The highest BCUT2D eigenvalue weighted by Crippen LogP contribution is 2.25. The number of nitrogens with zero attached hydrogens (tertiary/aromatic N) is 3. The van der Waals surface area contributed by atoms with E-state index in [1.54, 1.807) is 0 Å². The van der Waals surface area contributed by atoms with Crippen LogP contribution in [0, 0.1) is 0 Å². The molecule has 3 nitrogen and oxygen atoms in total. The molecule has 1 aromatic rings. The maximum absolute atomic E-state index is 4.72. The molecule has 3 heteroatoms. The normalized spacial score (nSPS) is 20.3. The molecule has 84 valence electrons. The van der Waals surface area contributed by atoms with Crippen LogP contribution in [-0.4, -0.2) is 28.3 Å². The first-order chi connectivity index (χ1) is 7.03. The van der Waals surface area contributed by atoms with Crippen molar-refractivity contribution in [1.82, 2.24) is 14.7 Å². The summed E-state index contributed by atoms with van der Waals surface area (Å²) < 4.78 is 2.22. The average molecular weight is 207 g/mol. The minimum Gasteiger partial charge on any atom is -0.298 e. The number of likely N-dealkylation sites (N-methyl/N-ethyl adjacent to an activating group) is 1. The molecule has 0 aromatic carbocycles. The van der Waals surface area contributed by atoms with E-state index in [0.717, 1.165) is 19.5 Å². The number of aryl methyl sites for hydroxylation is 1. The third kappa shape index (κ3) is 1.93. The molecule has 0 atom stereocenters. The van der Waals surface area contributed by atoms with E-state index in [9.17, 15) is 0 Å². The molecule has 0 fully saturated rings. The molecular weight excluding hydrogens is 186 g/mol. The maximum Gasteiger partial charge on any atom is 0.0701 e. The Bertz CT molecular complexity index is 352. The minimum atomic E-state index is 0.133. The van der Waals surface area contributed by atoms with Gasteiger partial charge in [0.2, 0.25) is 0 Å². The zero-order chi connectivity index (χ0) is 11.1. The molecule has 15 heavy (non-hydrogen) atoms. The molecule has 0 radical (unpaired) electrons. The van der Waals surface area contributed by atoms with E-state index in [4.69, 9.17) is 5.10 Å². The van der Waals surface area contributed by atoms with Crippen LogP contribution in [0.5, 0.6) is 0 Å². The molecule has 0 spiro atoms. The molecule has 1 aliphatic rings. The fourth-order valence-electron chi connectivity index (χ4n) is 2.55. The monoisotopic (exact) mass is 207 g/mol. The van der Waals surface area contributed by atoms with Gasteiger partial charge in [0.15, 0.2) is 0 Å². The van der Waals surface area contributed by atoms with Crippen molar-refractivity contribution in [3.63, 3.8) is 0 Å². The van der Waals surface area contributed by atoms with E-state index in [0.29, 0.717) is 0 Å². The summed E-state index contributed by atoms with van der Waals surface area (Å²) in [5, 5.41) is 4.72. The first-order valence-electron chi connectivity index (χ1n) is 5.80. The fraction of sp³-hybridized carbons (Fsp3) is 0.750. The molecule has 2 heterocycles. The molecule has 1 aliphatic heterocycles. The third-order valence-corrected chi connectivity index (χ3v) is 3.00. The van der Waals surface area contributed by atoms with Crippen LogP contribution in [0.25, 0.3) is 0 Å². The van der Waals surface area contributed by atoms with Crippen LogP contribution in [0.1, 0.15) is 38.6 Å². The second kappa shape index (κ2) is 3.63. The van der Waals surface area contributed by atoms with Crippen LogP contribution in [0.4, 0.5) is 0 Å². The predicted octanol–water partition coefficient (Wildman–Crippen LogP) is 2.02. The largest absolute Gasteiger partial charge is 0.298 e. The zero-order valence-corrected chi connectivity index (χ0v) is 10.2. The lowest BCUT2D eigenvalue weighted by molar-refractivity contribution is 0.145. The minimum absolute atomic E-state index is 0.133. The smallest absolute Gasteiger partial charge is 0.0701 e. The van der Waals surface area contributed by atoms with Crippen LogP contribution >= 0.6 is 0 Å². The highest BCUT2D eigenvalue weighted by Gasteiger charge is 2.30. The van der Waals surface area contributed by atoms with Crippen molar-refractivity contribution in [3.8, 4) is 0 Å². The number of aromatic nitrogens is 2. The Kier molecular flexibility index (Phi) is 2.59. The number of rotatable bonds is 2. The molecule has 1 aromatic heterocycles. The molecule has 0 saturated heterocycles. The average Bonchev–Trinajstić information content (AvgIpc) is 2.47. The molecule has 0 unspecified atom stereocenters. The van der Waals surface area contributed by atoms with Gasteiger partial charge in [-0.25, -0.2) is 0 Å². The second-order valence-electron chi connectivity index (χ2n) is 5.27. The van der Waals surface area contributed by atoms with Crippen LogP contribution in [-0.2, 0) is 18.5 Å². The summed E-state index contributed by atoms with van der Waals surface area (Å²) in [7, 11) is 2.18. The predicted molar refractivity (Wildman–Crippen MR) is 61.9 cm³/mol. The fourth-order valence-corrected chi connectivity index (χ4v) is 2.55. The van der Waals surface area contributed by atoms with E-state index < -0.39 is 0 Å². The summed E-state index contributed by atoms with van der Waals surface area (Å²) in [6.07, 6.45) is 2.27. The van der Waals surface area contributed by atoms with Gasteiger partial charge >= 0.3 is 0 Å². The van der Waals surface area contributed by atoms with E-state index in [2.05, 4.69) is 43.5 Å². The van der Waals surface area contributed by atoms with E-state index >= 15 is 0 Å². The lowest BCUT2D eigenvalue weighted by Crippen LogP contribution is -2.45. The van der Waals surface area contributed by atoms with Crippen molar-refractivity contribution in [2.24, 2.45) is 0 Å². The van der Waals surface area contributed by atoms with Crippen LogP contribution in [0.15, 0.2) is 6.07 Å². The van der Waals surface area contributed by atoms with Crippen molar-refractivity contribution in [2.45, 2.75) is 45.7 Å². The van der Waals surface area contributed by atoms with E-state index in [1.165, 1.54) is 17.8 Å². The van der Waals surface area contributed by atoms with Gasteiger partial charge in [0, 0.05) is 13.1 Å². The van der Waals surface area contributed by atoms with Crippen molar-refractivity contribution in [2.75, 3.05) is 13.6 Å². The van der Waals surface area contributed by atoms with Crippen molar-refractivity contribution < 1.29 is 0 Å². The van der Waals surface area contributed by atoms with Gasteiger partial charge in [-0.3, -0.25) is 9.58 Å². The zero-order valence-electron chi connectivity index (χ0n) is 10.2. The van der Waals surface area contributed by atoms with Gasteiger partial charge in [0.05, 0.1) is 16.9 Å². The summed E-state index contributed by atoms with van der Waals surface area (Å²) >= 11 is 0. The first-order valence-corrected chi connectivity index (χ1v) is 5.80. The van der Waals surface area contributed by atoms with Gasteiger partial charge in [0.25, 0.3) is 0 Å². The molecule has 0 saturated carbocycles. The Hall–Kier alpha value is -0.830. The maximum atomic E-state index is 4.72. The Morgan fingerprint density at radius 1 is 1.47 bits per heavy atom. The van der Waals surface area contributed by atoms with E-state index in [1.807, 2.05) is 0 Å². The lowest BCUT2D eigenvalue weighted by Gasteiger charge is -2.37. The molecular formula is C12H21N3. The summed E-state index contributed by atoms with van der Waals surface area (Å²) in [6, 6.07) is 2.26. The molecule has 0 bridgehead atoms. The number of hydrogen-bond acceptors (Lipinski definition) is 2. The first kappa shape index (κ1) is 10.7. The highest BCUT2D eigenvalue weighted by molar-refractivity contribution is 5.15. The number of hydrogen-bond donors (Lipinski definition) is 0. The van der Waals surface area contributed by atoms with Crippen LogP contribution < -0.4 is 0 Å². The summed E-state index contributed by atoms with van der Waals surface area (Å²) in [5.41, 5.74) is 2.74. The molecule has 0 amide bonds. The topological polar surface area (TPSA) is 21.1 Å². The molecule has 0 aliphatic carbocycles. The molecule has 2 rings (SSSR count). The Morgan fingerprint density at radius 3 is 2.87 bits per heavy atom. The Labute approximate surface area is 92.1 Å².